The fourth-order valence-electron chi connectivity index (χ4n) is 1.46. The molecule has 6 heteroatoms. The first-order chi connectivity index (χ1) is 8.08. The van der Waals surface area contributed by atoms with Crippen molar-refractivity contribution in [3.8, 4) is 11.4 Å². The Labute approximate surface area is 96.5 Å². The van der Waals surface area contributed by atoms with Gasteiger partial charge in [0.15, 0.2) is 5.82 Å². The maximum Gasteiger partial charge on any atom is 0.311 e. The number of benzene rings is 1. The van der Waals surface area contributed by atoms with E-state index in [0.29, 0.717) is 0 Å². The van der Waals surface area contributed by atoms with Crippen LogP contribution in [0.15, 0.2) is 24.3 Å². The topological polar surface area (TPSA) is 68.0 Å². The van der Waals surface area contributed by atoms with Crippen molar-refractivity contribution in [3.05, 3.63) is 35.9 Å². The van der Waals surface area contributed by atoms with Gasteiger partial charge in [0.2, 0.25) is 0 Å². The molecule has 0 saturated heterocycles. The molecule has 0 atom stereocenters. The SMILES string of the molecule is Cn1nc(-c2ccccc2F)nc1CC(=O)O. The minimum Gasteiger partial charge on any atom is -0.481 e. The Morgan fingerprint density at radius 3 is 2.82 bits per heavy atom. The fraction of sp³-hybridized carbons (Fsp3) is 0.182. The number of rotatable bonds is 3. The van der Waals surface area contributed by atoms with Crippen LogP contribution in [0.1, 0.15) is 5.82 Å². The summed E-state index contributed by atoms with van der Waals surface area (Å²) < 4.78 is 14.8. The number of aromatic nitrogens is 3. The molecule has 0 amide bonds. The number of hydrogen-bond acceptors (Lipinski definition) is 3. The number of nitrogens with zero attached hydrogens (tertiary/aromatic N) is 3. The summed E-state index contributed by atoms with van der Waals surface area (Å²) in [5, 5.41) is 12.7. The first kappa shape index (κ1) is 11.3. The van der Waals surface area contributed by atoms with Gasteiger partial charge in [-0.15, -0.1) is 0 Å². The Kier molecular flexibility index (Phi) is 2.86. The molecule has 1 heterocycles. The Bertz CT molecular complexity index is 566. The summed E-state index contributed by atoms with van der Waals surface area (Å²) in [7, 11) is 1.58. The lowest BCUT2D eigenvalue weighted by molar-refractivity contribution is -0.136. The van der Waals surface area contributed by atoms with E-state index in [1.165, 1.54) is 10.7 Å². The van der Waals surface area contributed by atoms with Gasteiger partial charge in [0.1, 0.15) is 18.1 Å². The zero-order valence-electron chi connectivity index (χ0n) is 9.09. The molecular formula is C11H10FN3O2. The highest BCUT2D eigenvalue weighted by Crippen LogP contribution is 2.18. The third kappa shape index (κ3) is 2.30. The van der Waals surface area contributed by atoms with Crippen LogP contribution >= 0.6 is 0 Å². The van der Waals surface area contributed by atoms with Gasteiger partial charge >= 0.3 is 5.97 Å². The van der Waals surface area contributed by atoms with E-state index in [1.807, 2.05) is 0 Å². The van der Waals surface area contributed by atoms with Gasteiger partial charge in [-0.05, 0) is 12.1 Å². The lowest BCUT2D eigenvalue weighted by atomic mass is 10.2. The molecule has 0 bridgehead atoms. The molecule has 1 N–H and O–H groups in total. The average Bonchev–Trinajstić information content (AvgIpc) is 2.60. The molecule has 0 fully saturated rings. The molecule has 0 unspecified atom stereocenters. The Morgan fingerprint density at radius 1 is 1.47 bits per heavy atom. The molecule has 0 aliphatic carbocycles. The van der Waals surface area contributed by atoms with E-state index in [-0.39, 0.29) is 23.6 Å². The van der Waals surface area contributed by atoms with Crippen molar-refractivity contribution in [2.45, 2.75) is 6.42 Å². The minimum atomic E-state index is -0.999. The summed E-state index contributed by atoms with van der Waals surface area (Å²) in [6.07, 6.45) is -0.238. The number of carboxylic acids is 1. The Balaban J connectivity index is 2.41. The fourth-order valence-corrected chi connectivity index (χ4v) is 1.46. The number of hydrogen-bond donors (Lipinski definition) is 1. The molecule has 0 aliphatic rings. The largest absolute Gasteiger partial charge is 0.481 e. The quantitative estimate of drug-likeness (QED) is 0.869. The molecule has 2 rings (SSSR count). The van der Waals surface area contributed by atoms with Gasteiger partial charge in [0, 0.05) is 7.05 Å². The normalized spacial score (nSPS) is 10.5. The second kappa shape index (κ2) is 4.32. The van der Waals surface area contributed by atoms with Crippen LogP contribution < -0.4 is 0 Å². The monoisotopic (exact) mass is 235 g/mol. The van der Waals surface area contributed by atoms with E-state index in [1.54, 1.807) is 25.2 Å². The first-order valence-electron chi connectivity index (χ1n) is 4.94. The van der Waals surface area contributed by atoms with Crippen molar-refractivity contribution >= 4 is 5.97 Å². The minimum absolute atomic E-state index is 0.196. The summed E-state index contributed by atoms with van der Waals surface area (Å²) >= 11 is 0. The summed E-state index contributed by atoms with van der Waals surface area (Å²) in [5.41, 5.74) is 0.264. The van der Waals surface area contributed by atoms with Gasteiger partial charge in [-0.1, -0.05) is 12.1 Å². The van der Waals surface area contributed by atoms with E-state index in [0.717, 1.165) is 0 Å². The predicted octanol–water partition coefficient (Wildman–Crippen LogP) is 1.25. The summed E-state index contributed by atoms with van der Waals surface area (Å²) in [4.78, 5) is 14.6. The van der Waals surface area contributed by atoms with Crippen LogP contribution in [-0.2, 0) is 18.3 Å². The van der Waals surface area contributed by atoms with Crippen LogP contribution in [0, 0.1) is 5.82 Å². The molecular weight excluding hydrogens is 225 g/mol. The molecule has 88 valence electrons. The molecule has 0 radical (unpaired) electrons. The van der Waals surface area contributed by atoms with Crippen molar-refractivity contribution in [2.24, 2.45) is 7.05 Å². The molecule has 17 heavy (non-hydrogen) atoms. The molecule has 0 aliphatic heterocycles. The van der Waals surface area contributed by atoms with Crippen LogP contribution in [0.25, 0.3) is 11.4 Å². The van der Waals surface area contributed by atoms with Crippen molar-refractivity contribution in [3.63, 3.8) is 0 Å². The number of aryl methyl sites for hydroxylation is 1. The molecule has 0 spiro atoms. The zero-order chi connectivity index (χ0) is 12.4. The summed E-state index contributed by atoms with van der Waals surface area (Å²) in [6, 6.07) is 6.10. The highest BCUT2D eigenvalue weighted by Gasteiger charge is 2.14. The van der Waals surface area contributed by atoms with Crippen LogP contribution in [-0.4, -0.2) is 25.8 Å². The third-order valence-corrected chi connectivity index (χ3v) is 2.28. The second-order valence-corrected chi connectivity index (χ2v) is 3.53. The highest BCUT2D eigenvalue weighted by atomic mass is 19.1. The number of halogens is 1. The van der Waals surface area contributed by atoms with Crippen molar-refractivity contribution in [1.82, 2.24) is 14.8 Å². The lowest BCUT2D eigenvalue weighted by Crippen LogP contribution is -2.06. The molecule has 0 saturated carbocycles. The Morgan fingerprint density at radius 2 is 2.18 bits per heavy atom. The molecule has 1 aromatic heterocycles. The van der Waals surface area contributed by atoms with Gasteiger partial charge in [0.05, 0.1) is 5.56 Å². The van der Waals surface area contributed by atoms with Gasteiger partial charge in [0.25, 0.3) is 0 Å². The van der Waals surface area contributed by atoms with E-state index in [4.69, 9.17) is 5.11 Å². The van der Waals surface area contributed by atoms with Crippen molar-refractivity contribution < 1.29 is 14.3 Å². The van der Waals surface area contributed by atoms with Crippen LogP contribution in [0.4, 0.5) is 4.39 Å². The van der Waals surface area contributed by atoms with Crippen LogP contribution in [0.3, 0.4) is 0 Å². The first-order valence-corrected chi connectivity index (χ1v) is 4.94. The Hall–Kier alpha value is -2.24. The zero-order valence-corrected chi connectivity index (χ0v) is 9.09. The molecule has 1 aromatic carbocycles. The summed E-state index contributed by atoms with van der Waals surface area (Å²) in [6.45, 7) is 0. The van der Waals surface area contributed by atoms with Gasteiger partial charge in [-0.2, -0.15) is 5.10 Å². The van der Waals surface area contributed by atoms with Gasteiger partial charge < -0.3 is 5.11 Å². The van der Waals surface area contributed by atoms with E-state index < -0.39 is 11.8 Å². The van der Waals surface area contributed by atoms with E-state index >= 15 is 0 Å². The van der Waals surface area contributed by atoms with Crippen LogP contribution in [0.5, 0.6) is 0 Å². The number of aliphatic carboxylic acids is 1. The van der Waals surface area contributed by atoms with Gasteiger partial charge in [-0.3, -0.25) is 9.48 Å². The molecule has 2 aromatic rings. The van der Waals surface area contributed by atoms with Crippen molar-refractivity contribution in [1.29, 1.82) is 0 Å². The summed E-state index contributed by atoms with van der Waals surface area (Å²) in [5.74, 6) is -0.946. The third-order valence-electron chi connectivity index (χ3n) is 2.28. The highest BCUT2D eigenvalue weighted by molar-refractivity contribution is 5.69. The predicted molar refractivity (Wildman–Crippen MR) is 57.7 cm³/mol. The van der Waals surface area contributed by atoms with Gasteiger partial charge in [-0.25, -0.2) is 9.37 Å². The lowest BCUT2D eigenvalue weighted by Gasteiger charge is -1.95. The van der Waals surface area contributed by atoms with Crippen LogP contribution in [0.2, 0.25) is 0 Å². The van der Waals surface area contributed by atoms with Crippen molar-refractivity contribution in [2.75, 3.05) is 0 Å². The maximum absolute atomic E-state index is 13.5. The molecule has 5 nitrogen and oxygen atoms in total. The smallest absolute Gasteiger partial charge is 0.311 e. The number of carbonyl (C=O) groups is 1. The standard InChI is InChI=1S/C11H10FN3O2/c1-15-9(6-10(16)17)13-11(14-15)7-4-2-3-5-8(7)12/h2-5H,6H2,1H3,(H,16,17). The van der Waals surface area contributed by atoms with E-state index in [2.05, 4.69) is 10.1 Å². The maximum atomic E-state index is 13.5. The number of carboxylic acid groups (broad SMARTS) is 1. The average molecular weight is 235 g/mol. The van der Waals surface area contributed by atoms with E-state index in [9.17, 15) is 9.18 Å². The second-order valence-electron chi connectivity index (χ2n) is 3.53.